The van der Waals surface area contributed by atoms with E-state index in [1.54, 1.807) is 0 Å². The Morgan fingerprint density at radius 3 is 0.850 bits per heavy atom. The summed E-state index contributed by atoms with van der Waals surface area (Å²) in [6.45, 7) is 0. The Morgan fingerprint density at radius 2 is 0.650 bits per heavy atom. The third-order valence-corrected chi connectivity index (χ3v) is 10.8. The van der Waals surface area contributed by atoms with Gasteiger partial charge in [-0.05, 0) is 37.1 Å². The molecule has 0 aliphatic heterocycles. The average Bonchev–Trinajstić information content (AvgIpc) is 3.72. The van der Waals surface area contributed by atoms with Gasteiger partial charge >= 0.3 is 51.6 Å². The Labute approximate surface area is 267 Å². The molecular formula is C34H28Cl2FeP2Rh. The summed E-state index contributed by atoms with van der Waals surface area (Å²) in [5.41, 5.74) is 0. The fourth-order valence-electron chi connectivity index (χ4n) is 4.23. The second-order valence-corrected chi connectivity index (χ2v) is 15.3. The summed E-state index contributed by atoms with van der Waals surface area (Å²) >= 11 is -0.226. The van der Waals surface area contributed by atoms with E-state index in [0.717, 1.165) is 0 Å². The van der Waals surface area contributed by atoms with Gasteiger partial charge in [-0.25, -0.2) is 24.3 Å². The minimum absolute atomic E-state index is 0. The molecule has 0 heterocycles. The van der Waals surface area contributed by atoms with Gasteiger partial charge in [0.2, 0.25) is 0 Å². The maximum atomic E-state index is 4.83. The van der Waals surface area contributed by atoms with Crippen LogP contribution < -0.4 is 31.8 Å². The first kappa shape index (κ1) is 32.7. The van der Waals surface area contributed by atoms with Crippen molar-refractivity contribution in [2.24, 2.45) is 0 Å². The molecule has 6 aromatic carbocycles. The molecule has 0 saturated heterocycles. The Morgan fingerprint density at radius 1 is 0.400 bits per heavy atom. The zero-order valence-corrected chi connectivity index (χ0v) is 27.5. The third-order valence-electron chi connectivity index (χ3n) is 5.86. The smallest absolute Gasteiger partial charge is 0.213 e. The van der Waals surface area contributed by atoms with Gasteiger partial charge in [0.1, 0.15) is 0 Å². The van der Waals surface area contributed by atoms with E-state index in [0.29, 0.717) is 0 Å². The monoisotopic (exact) mass is 727 g/mol. The van der Waals surface area contributed by atoms with Gasteiger partial charge in [-0.15, -0.1) is 10.6 Å². The quantitative estimate of drug-likeness (QED) is 0.0938. The summed E-state index contributed by atoms with van der Waals surface area (Å²) in [5, 5.41) is 8.47. The maximum Gasteiger partial charge on any atom is 2.00 e. The van der Waals surface area contributed by atoms with Gasteiger partial charge in [-0.2, -0.15) is 24.3 Å². The molecule has 6 aromatic rings. The molecule has 0 bridgehead atoms. The maximum absolute atomic E-state index is 4.83. The molecule has 205 valence electrons. The van der Waals surface area contributed by atoms with E-state index in [-0.39, 0.29) is 32.2 Å². The molecule has 0 radical (unpaired) electrons. The van der Waals surface area contributed by atoms with Crippen LogP contribution in [-0.2, 0) is 32.2 Å². The number of benzene rings is 4. The van der Waals surface area contributed by atoms with Gasteiger partial charge in [0, 0.05) is 0 Å². The van der Waals surface area contributed by atoms with Crippen LogP contribution in [0, 0.1) is 0 Å². The van der Waals surface area contributed by atoms with Crippen LogP contribution in [0.1, 0.15) is 0 Å². The minimum atomic E-state index is -0.409. The SMILES string of the molecule is [Cl][Rh][Cl].[Fe+2].c1ccc(P(c2ccccc2)c2ccc[cH-]2)cc1.c1ccc(P(c2ccccc2)c2ccc[cH-]2)cc1. The van der Waals surface area contributed by atoms with Gasteiger partial charge in [0.25, 0.3) is 0 Å². The average molecular weight is 728 g/mol. The van der Waals surface area contributed by atoms with Crippen molar-refractivity contribution in [3.8, 4) is 0 Å². The summed E-state index contributed by atoms with van der Waals surface area (Å²) in [7, 11) is 8.85. The molecule has 40 heavy (non-hydrogen) atoms. The predicted octanol–water partition coefficient (Wildman–Crippen LogP) is 7.70. The molecule has 6 rings (SSSR count). The van der Waals surface area contributed by atoms with Crippen molar-refractivity contribution in [1.82, 2.24) is 0 Å². The van der Waals surface area contributed by atoms with E-state index in [1.807, 2.05) is 0 Å². The number of hydrogen-bond acceptors (Lipinski definition) is 0. The van der Waals surface area contributed by atoms with Gasteiger partial charge in [-0.3, -0.25) is 0 Å². The molecule has 0 amide bonds. The number of halogens is 2. The van der Waals surface area contributed by atoms with E-state index < -0.39 is 15.8 Å². The van der Waals surface area contributed by atoms with Crippen molar-refractivity contribution in [2.75, 3.05) is 0 Å². The standard InChI is InChI=1S/2C17H14P.2ClH.Fe.Rh/c2*1-3-9-15(10-4-1)18(17-13-7-8-14-17)16-11-5-2-6-12-16;;;;/h2*1-14H;2*1H;;/q2*-1;;;2*+2/p-2. The van der Waals surface area contributed by atoms with E-state index in [1.165, 1.54) is 31.8 Å². The molecule has 0 nitrogen and oxygen atoms in total. The molecule has 0 aromatic heterocycles. The van der Waals surface area contributed by atoms with Crippen molar-refractivity contribution >= 4 is 67.1 Å². The summed E-state index contributed by atoms with van der Waals surface area (Å²) in [6, 6.07) is 60.5. The molecule has 6 heteroatoms. The Balaban J connectivity index is 0.000000197. The van der Waals surface area contributed by atoms with Crippen LogP contribution >= 0.6 is 35.2 Å². The molecule has 0 atom stereocenters. The number of rotatable bonds is 6. The van der Waals surface area contributed by atoms with Crippen LogP contribution in [0.5, 0.6) is 0 Å². The second kappa shape index (κ2) is 18.6. The van der Waals surface area contributed by atoms with Gasteiger partial charge < -0.3 is 0 Å². The first-order valence-corrected chi connectivity index (χ1v) is 19.3. The molecule has 0 aliphatic rings. The van der Waals surface area contributed by atoms with Gasteiger partial charge in [-0.1, -0.05) is 121 Å². The molecule has 0 saturated carbocycles. The zero-order valence-electron chi connectivity index (χ0n) is 21.5. The van der Waals surface area contributed by atoms with Crippen LogP contribution in [0.4, 0.5) is 0 Å². The molecule has 0 fully saturated rings. The minimum Gasteiger partial charge on any atom is -0.213 e. The molecule has 0 unspecified atom stereocenters. The van der Waals surface area contributed by atoms with Crippen LogP contribution in [0.2, 0.25) is 0 Å². The van der Waals surface area contributed by atoms with Crippen molar-refractivity contribution in [2.45, 2.75) is 0 Å². The van der Waals surface area contributed by atoms with Crippen molar-refractivity contribution in [3.05, 3.63) is 170 Å². The fraction of sp³-hybridized carbons (Fsp3) is 0. The van der Waals surface area contributed by atoms with Crippen molar-refractivity contribution < 1.29 is 32.2 Å². The Bertz CT molecular complexity index is 1240. The largest absolute Gasteiger partial charge is 2.00 e. The predicted molar refractivity (Wildman–Crippen MR) is 173 cm³/mol. The zero-order chi connectivity index (χ0) is 27.1. The Hall–Kier alpha value is -1.84. The summed E-state index contributed by atoms with van der Waals surface area (Å²) in [5.74, 6) is 0. The van der Waals surface area contributed by atoms with E-state index in [2.05, 4.69) is 170 Å². The van der Waals surface area contributed by atoms with Gasteiger partial charge in [0.15, 0.2) is 0 Å². The summed E-state index contributed by atoms with van der Waals surface area (Å²) < 4.78 is 0. The second-order valence-electron chi connectivity index (χ2n) is 8.35. The molecular weight excluding hydrogens is 700 g/mol. The van der Waals surface area contributed by atoms with E-state index >= 15 is 0 Å². The topological polar surface area (TPSA) is 0 Å². The van der Waals surface area contributed by atoms with Crippen molar-refractivity contribution in [3.63, 3.8) is 0 Å². The fourth-order valence-corrected chi connectivity index (χ4v) is 8.84. The van der Waals surface area contributed by atoms with E-state index in [4.69, 9.17) is 19.4 Å². The number of hydrogen-bond donors (Lipinski definition) is 0. The van der Waals surface area contributed by atoms with Crippen LogP contribution in [0.3, 0.4) is 0 Å². The van der Waals surface area contributed by atoms with Crippen molar-refractivity contribution in [1.29, 1.82) is 0 Å². The molecule has 0 aliphatic carbocycles. The van der Waals surface area contributed by atoms with Crippen LogP contribution in [-0.4, -0.2) is 0 Å². The summed E-state index contributed by atoms with van der Waals surface area (Å²) in [4.78, 5) is 0. The van der Waals surface area contributed by atoms with E-state index in [9.17, 15) is 0 Å². The first-order valence-electron chi connectivity index (χ1n) is 12.4. The first-order chi connectivity index (χ1) is 19.3. The summed E-state index contributed by atoms with van der Waals surface area (Å²) in [6.07, 6.45) is 0. The normalized spacial score (nSPS) is 10.2. The third kappa shape index (κ3) is 9.62. The van der Waals surface area contributed by atoms with Gasteiger partial charge in [0.05, 0.1) is 0 Å². The van der Waals surface area contributed by atoms with Crippen LogP contribution in [0.25, 0.3) is 0 Å². The molecule has 0 N–H and O–H groups in total. The molecule has 0 spiro atoms. The Kier molecular flexibility index (Phi) is 15.2. The van der Waals surface area contributed by atoms with Crippen LogP contribution in [0.15, 0.2) is 170 Å².